The molecule has 0 aromatic heterocycles. The molecule has 2 rings (SSSR count). The van der Waals surface area contributed by atoms with Gasteiger partial charge in [-0.25, -0.2) is 5.43 Å². The van der Waals surface area contributed by atoms with Crippen LogP contribution in [-0.4, -0.2) is 42.3 Å². The highest BCUT2D eigenvalue weighted by atomic mass is 16.5. The molecule has 0 saturated carbocycles. The van der Waals surface area contributed by atoms with E-state index >= 15 is 0 Å². The van der Waals surface area contributed by atoms with Crippen LogP contribution in [0.5, 0.6) is 0 Å². The van der Waals surface area contributed by atoms with Crippen LogP contribution in [0.25, 0.3) is 0 Å². The lowest BCUT2D eigenvalue weighted by atomic mass is 10.1. The van der Waals surface area contributed by atoms with Crippen LogP contribution in [0.4, 0.5) is 0 Å². The van der Waals surface area contributed by atoms with E-state index in [1.54, 1.807) is 0 Å². The minimum atomic E-state index is 0.137. The second-order valence-electron chi connectivity index (χ2n) is 6.35. The van der Waals surface area contributed by atoms with E-state index in [-0.39, 0.29) is 6.04 Å². The van der Waals surface area contributed by atoms with Gasteiger partial charge in [0.15, 0.2) is 0 Å². The van der Waals surface area contributed by atoms with Gasteiger partial charge in [0.2, 0.25) is 0 Å². The van der Waals surface area contributed by atoms with Crippen molar-refractivity contribution in [3.8, 4) is 0 Å². The molecule has 2 aliphatic rings. The summed E-state index contributed by atoms with van der Waals surface area (Å²) in [5, 5.41) is 2.08. The van der Waals surface area contributed by atoms with E-state index in [0.717, 1.165) is 38.5 Å². The summed E-state index contributed by atoms with van der Waals surface area (Å²) in [4.78, 5) is 2.32. The molecule has 0 bridgehead atoms. The number of ether oxygens (including phenoxy) is 1. The zero-order chi connectivity index (χ0) is 18.8. The molecule has 0 radical (unpaired) electrons. The standard InChI is InChI=1S/C21H32N4O/c1-4-6-7-9-19(8-5-2)20-12-13-25(23-20)21(11-10-18(3)22)24-14-16-26-17-15-24/h5-9,11-13,20,23H,3-4,10,14-17,22H2,1-2H3/b7-6+,8-5-,19-9+,21-11-. The molecule has 26 heavy (non-hydrogen) atoms. The average Bonchev–Trinajstić information content (AvgIpc) is 3.12. The second kappa shape index (κ2) is 10.7. The Labute approximate surface area is 157 Å². The lowest BCUT2D eigenvalue weighted by Gasteiger charge is -2.35. The number of nitrogens with zero attached hydrogens (tertiary/aromatic N) is 2. The molecule has 5 heteroatoms. The largest absolute Gasteiger partial charge is 0.402 e. The predicted molar refractivity (Wildman–Crippen MR) is 109 cm³/mol. The number of nitrogens with one attached hydrogen (secondary N) is 1. The molecule has 2 heterocycles. The Morgan fingerprint density at radius 3 is 2.81 bits per heavy atom. The van der Waals surface area contributed by atoms with Crippen LogP contribution in [-0.2, 0) is 4.74 Å². The molecule has 1 unspecified atom stereocenters. The Hall–Kier alpha value is -2.24. The van der Waals surface area contributed by atoms with Gasteiger partial charge < -0.3 is 15.4 Å². The summed E-state index contributed by atoms with van der Waals surface area (Å²) >= 11 is 0. The van der Waals surface area contributed by atoms with E-state index in [1.165, 1.54) is 5.57 Å². The molecule has 5 nitrogen and oxygen atoms in total. The third kappa shape index (κ3) is 5.93. The third-order valence-corrected chi connectivity index (χ3v) is 4.21. The summed E-state index contributed by atoms with van der Waals surface area (Å²) < 4.78 is 5.49. The fourth-order valence-electron chi connectivity index (χ4n) is 2.90. The molecule has 1 saturated heterocycles. The van der Waals surface area contributed by atoms with Crippen LogP contribution in [0.1, 0.15) is 26.7 Å². The molecular formula is C21H32N4O. The minimum absolute atomic E-state index is 0.137. The van der Waals surface area contributed by atoms with E-state index in [4.69, 9.17) is 10.5 Å². The quantitative estimate of drug-likeness (QED) is 0.654. The van der Waals surface area contributed by atoms with Gasteiger partial charge in [0.1, 0.15) is 5.82 Å². The van der Waals surface area contributed by atoms with Crippen LogP contribution in [0, 0.1) is 0 Å². The molecule has 2 aliphatic heterocycles. The lowest BCUT2D eigenvalue weighted by molar-refractivity contribution is 0.0381. The van der Waals surface area contributed by atoms with Crippen molar-refractivity contribution in [2.75, 3.05) is 26.3 Å². The minimum Gasteiger partial charge on any atom is -0.402 e. The van der Waals surface area contributed by atoms with E-state index in [0.29, 0.717) is 12.1 Å². The van der Waals surface area contributed by atoms with Gasteiger partial charge in [0.05, 0.1) is 19.3 Å². The molecule has 0 aromatic carbocycles. The summed E-state index contributed by atoms with van der Waals surface area (Å²) in [6, 6.07) is 0.137. The second-order valence-corrected chi connectivity index (χ2v) is 6.35. The monoisotopic (exact) mass is 356 g/mol. The van der Waals surface area contributed by atoms with E-state index in [9.17, 15) is 0 Å². The third-order valence-electron chi connectivity index (χ3n) is 4.21. The van der Waals surface area contributed by atoms with Gasteiger partial charge in [-0.1, -0.05) is 43.9 Å². The van der Waals surface area contributed by atoms with Crippen LogP contribution >= 0.6 is 0 Å². The van der Waals surface area contributed by atoms with Crippen LogP contribution in [0.3, 0.4) is 0 Å². The number of rotatable bonds is 8. The molecule has 1 atom stereocenters. The Kier molecular flexibility index (Phi) is 8.25. The fraction of sp³-hybridized carbons (Fsp3) is 0.429. The number of nitrogens with two attached hydrogens (primary N) is 1. The van der Waals surface area contributed by atoms with Gasteiger partial charge in [-0.2, -0.15) is 0 Å². The summed E-state index contributed by atoms with van der Waals surface area (Å²) in [6.45, 7) is 11.2. The Morgan fingerprint density at radius 1 is 1.38 bits per heavy atom. The molecule has 0 aliphatic carbocycles. The summed E-state index contributed by atoms with van der Waals surface area (Å²) in [7, 11) is 0. The number of hydrazine groups is 1. The molecule has 0 aromatic rings. The zero-order valence-corrected chi connectivity index (χ0v) is 16.0. The first-order chi connectivity index (χ1) is 12.7. The smallest absolute Gasteiger partial charge is 0.119 e. The maximum Gasteiger partial charge on any atom is 0.119 e. The van der Waals surface area contributed by atoms with E-state index < -0.39 is 0 Å². The number of allylic oxidation sites excluding steroid dienone is 5. The highest BCUT2D eigenvalue weighted by Crippen LogP contribution is 2.20. The topological polar surface area (TPSA) is 53.8 Å². The Bertz CT molecular complexity index is 610. The molecule has 1 fully saturated rings. The molecule has 3 N–H and O–H groups in total. The van der Waals surface area contributed by atoms with Crippen LogP contribution < -0.4 is 11.2 Å². The number of morpholine rings is 1. The van der Waals surface area contributed by atoms with Crippen molar-refractivity contribution in [3.05, 3.63) is 72.4 Å². The normalized spacial score (nSPS) is 22.2. The Morgan fingerprint density at radius 2 is 2.15 bits per heavy atom. The summed E-state index contributed by atoms with van der Waals surface area (Å²) in [5.41, 5.74) is 11.2. The number of hydrogen-bond acceptors (Lipinski definition) is 5. The summed E-state index contributed by atoms with van der Waals surface area (Å²) in [6.07, 6.45) is 18.7. The van der Waals surface area contributed by atoms with Gasteiger partial charge in [-0.15, -0.1) is 0 Å². The molecule has 142 valence electrons. The van der Waals surface area contributed by atoms with Gasteiger partial charge in [-0.3, -0.25) is 5.01 Å². The van der Waals surface area contributed by atoms with Crippen molar-refractivity contribution in [1.29, 1.82) is 0 Å². The van der Waals surface area contributed by atoms with Crippen molar-refractivity contribution in [2.24, 2.45) is 5.73 Å². The first-order valence-corrected chi connectivity index (χ1v) is 9.35. The average molecular weight is 357 g/mol. The molecular weight excluding hydrogens is 324 g/mol. The predicted octanol–water partition coefficient (Wildman–Crippen LogP) is 3.19. The lowest BCUT2D eigenvalue weighted by Crippen LogP contribution is -2.45. The first-order valence-electron chi connectivity index (χ1n) is 9.35. The Balaban J connectivity index is 2.14. The van der Waals surface area contributed by atoms with Crippen LogP contribution in [0.2, 0.25) is 0 Å². The zero-order valence-electron chi connectivity index (χ0n) is 16.0. The van der Waals surface area contributed by atoms with Gasteiger partial charge in [0, 0.05) is 31.4 Å². The first kappa shape index (κ1) is 20.1. The maximum atomic E-state index is 5.79. The van der Waals surface area contributed by atoms with Gasteiger partial charge >= 0.3 is 0 Å². The van der Waals surface area contributed by atoms with Crippen molar-refractivity contribution in [3.63, 3.8) is 0 Å². The molecule has 0 amide bonds. The highest BCUT2D eigenvalue weighted by Gasteiger charge is 2.24. The van der Waals surface area contributed by atoms with Crippen molar-refractivity contribution in [2.45, 2.75) is 32.7 Å². The van der Waals surface area contributed by atoms with Gasteiger partial charge in [-0.05, 0) is 31.1 Å². The van der Waals surface area contributed by atoms with Crippen LogP contribution in [0.15, 0.2) is 72.4 Å². The van der Waals surface area contributed by atoms with E-state index in [2.05, 4.69) is 77.6 Å². The maximum absolute atomic E-state index is 5.79. The molecule has 0 spiro atoms. The van der Waals surface area contributed by atoms with Crippen molar-refractivity contribution < 1.29 is 4.74 Å². The number of hydrogen-bond donors (Lipinski definition) is 2. The van der Waals surface area contributed by atoms with Gasteiger partial charge in [0.25, 0.3) is 0 Å². The highest BCUT2D eigenvalue weighted by molar-refractivity contribution is 5.34. The SMILES string of the molecule is C=C(N)C/C=C(/N1CCOCC1)N1C=CC(C(/C=C\C)=C/C=C/CC)N1. The summed E-state index contributed by atoms with van der Waals surface area (Å²) in [5.74, 6) is 1.10. The fourth-order valence-corrected chi connectivity index (χ4v) is 2.90. The van der Waals surface area contributed by atoms with Crippen molar-refractivity contribution >= 4 is 0 Å². The van der Waals surface area contributed by atoms with E-state index in [1.807, 2.05) is 6.92 Å². The van der Waals surface area contributed by atoms with Crippen molar-refractivity contribution in [1.82, 2.24) is 15.3 Å².